The Labute approximate surface area is 192 Å². The lowest BCUT2D eigenvalue weighted by Gasteiger charge is -2.34. The van der Waals surface area contributed by atoms with Crippen molar-refractivity contribution >= 4 is 11.9 Å². The fourth-order valence-corrected chi connectivity index (χ4v) is 3.72. The zero-order chi connectivity index (χ0) is 23.0. The van der Waals surface area contributed by atoms with Gasteiger partial charge < -0.3 is 19.9 Å². The van der Waals surface area contributed by atoms with Gasteiger partial charge in [-0.1, -0.05) is 54.6 Å². The van der Waals surface area contributed by atoms with Crippen molar-refractivity contribution in [3.63, 3.8) is 0 Å². The Morgan fingerprint density at radius 3 is 2.24 bits per heavy atom. The van der Waals surface area contributed by atoms with E-state index in [0.717, 1.165) is 16.9 Å². The molecule has 170 valence electrons. The summed E-state index contributed by atoms with van der Waals surface area (Å²) in [5, 5.41) is 2.94. The minimum atomic E-state index is -0.529. The Morgan fingerprint density at radius 1 is 0.818 bits per heavy atom. The van der Waals surface area contributed by atoms with E-state index in [9.17, 15) is 14.0 Å². The van der Waals surface area contributed by atoms with Crippen molar-refractivity contribution in [3.05, 3.63) is 101 Å². The number of benzene rings is 3. The molecule has 1 fully saturated rings. The number of amides is 3. The molecule has 1 saturated heterocycles. The normalized spacial score (nSPS) is 13.5. The highest BCUT2D eigenvalue weighted by Gasteiger charge is 2.26. The van der Waals surface area contributed by atoms with Gasteiger partial charge in [-0.05, 0) is 35.4 Å². The van der Waals surface area contributed by atoms with Gasteiger partial charge in [0.2, 0.25) is 0 Å². The van der Waals surface area contributed by atoms with Crippen molar-refractivity contribution in [2.24, 2.45) is 0 Å². The van der Waals surface area contributed by atoms with E-state index in [2.05, 4.69) is 5.32 Å². The number of nitrogens with zero attached hydrogens (tertiary/aromatic N) is 2. The Bertz CT molecular complexity index is 1100. The number of piperazine rings is 1. The van der Waals surface area contributed by atoms with Gasteiger partial charge in [-0.3, -0.25) is 4.79 Å². The number of halogens is 1. The van der Waals surface area contributed by atoms with Gasteiger partial charge in [0.25, 0.3) is 5.91 Å². The molecule has 1 aliphatic rings. The summed E-state index contributed by atoms with van der Waals surface area (Å²) in [7, 11) is 0. The first-order chi connectivity index (χ1) is 16.1. The number of hydrogen-bond acceptors (Lipinski definition) is 3. The smallest absolute Gasteiger partial charge is 0.317 e. The molecule has 0 aliphatic carbocycles. The van der Waals surface area contributed by atoms with Crippen LogP contribution in [0.3, 0.4) is 0 Å². The van der Waals surface area contributed by atoms with Crippen LogP contribution in [0.4, 0.5) is 9.18 Å². The fraction of sp³-hybridized carbons (Fsp3) is 0.231. The molecule has 0 radical (unpaired) electrons. The van der Waals surface area contributed by atoms with Gasteiger partial charge in [0, 0.05) is 32.7 Å². The maximum Gasteiger partial charge on any atom is 0.317 e. The predicted molar refractivity (Wildman–Crippen MR) is 123 cm³/mol. The standard InChI is InChI=1S/C26H26FN3O3/c27-24-12-5-4-11-23(24)25(31)29-13-15-30(16-14-29)26(32)28-18-20-7-6-8-21(17-20)19-33-22-9-2-1-3-10-22/h1-12,17H,13-16,18-19H2,(H,28,32). The van der Waals surface area contributed by atoms with E-state index in [1.165, 1.54) is 12.1 Å². The molecule has 1 N–H and O–H groups in total. The van der Waals surface area contributed by atoms with Crippen LogP contribution in [0.15, 0.2) is 78.9 Å². The molecule has 1 aliphatic heterocycles. The largest absolute Gasteiger partial charge is 0.489 e. The van der Waals surface area contributed by atoms with Crippen LogP contribution in [0, 0.1) is 5.82 Å². The van der Waals surface area contributed by atoms with E-state index in [1.54, 1.807) is 21.9 Å². The van der Waals surface area contributed by atoms with Crippen LogP contribution < -0.4 is 10.1 Å². The molecule has 6 nitrogen and oxygen atoms in total. The second-order valence-electron chi connectivity index (χ2n) is 7.84. The monoisotopic (exact) mass is 447 g/mol. The van der Waals surface area contributed by atoms with Gasteiger partial charge in [0.15, 0.2) is 0 Å². The molecule has 7 heteroatoms. The molecular weight excluding hydrogens is 421 g/mol. The predicted octanol–water partition coefficient (Wildman–Crippen LogP) is 4.07. The van der Waals surface area contributed by atoms with Gasteiger partial charge >= 0.3 is 6.03 Å². The van der Waals surface area contributed by atoms with E-state index in [1.807, 2.05) is 54.6 Å². The number of urea groups is 1. The highest BCUT2D eigenvalue weighted by atomic mass is 19.1. The SMILES string of the molecule is O=C(NCc1cccc(COc2ccccc2)c1)N1CCN(C(=O)c2ccccc2F)CC1. The highest BCUT2D eigenvalue weighted by Crippen LogP contribution is 2.14. The van der Waals surface area contributed by atoms with Crippen molar-refractivity contribution in [1.82, 2.24) is 15.1 Å². The first-order valence-corrected chi connectivity index (χ1v) is 10.9. The zero-order valence-electron chi connectivity index (χ0n) is 18.2. The summed E-state index contributed by atoms with van der Waals surface area (Å²) in [6.45, 7) is 2.38. The van der Waals surface area contributed by atoms with Crippen LogP contribution in [-0.2, 0) is 13.2 Å². The highest BCUT2D eigenvalue weighted by molar-refractivity contribution is 5.94. The van der Waals surface area contributed by atoms with Crippen LogP contribution >= 0.6 is 0 Å². The van der Waals surface area contributed by atoms with Crippen molar-refractivity contribution in [2.45, 2.75) is 13.2 Å². The molecule has 33 heavy (non-hydrogen) atoms. The van der Waals surface area contributed by atoms with Crippen molar-refractivity contribution in [1.29, 1.82) is 0 Å². The molecule has 0 saturated carbocycles. The van der Waals surface area contributed by atoms with E-state index >= 15 is 0 Å². The molecule has 0 aromatic heterocycles. The maximum atomic E-state index is 13.9. The molecule has 3 aromatic carbocycles. The molecule has 0 atom stereocenters. The van der Waals surface area contributed by atoms with E-state index in [0.29, 0.717) is 39.3 Å². The van der Waals surface area contributed by atoms with Gasteiger partial charge in [-0.15, -0.1) is 0 Å². The first-order valence-electron chi connectivity index (χ1n) is 10.9. The molecule has 0 bridgehead atoms. The van der Waals surface area contributed by atoms with Gasteiger partial charge in [0.05, 0.1) is 5.56 Å². The zero-order valence-corrected chi connectivity index (χ0v) is 18.2. The number of carbonyl (C=O) groups is 2. The van der Waals surface area contributed by atoms with Crippen LogP contribution in [0.1, 0.15) is 21.5 Å². The van der Waals surface area contributed by atoms with Gasteiger partial charge in [0.1, 0.15) is 18.2 Å². The quantitative estimate of drug-likeness (QED) is 0.620. The molecular formula is C26H26FN3O3. The number of rotatable bonds is 6. The minimum Gasteiger partial charge on any atom is -0.489 e. The fourth-order valence-electron chi connectivity index (χ4n) is 3.72. The van der Waals surface area contributed by atoms with Crippen LogP contribution in [0.5, 0.6) is 5.75 Å². The lowest BCUT2D eigenvalue weighted by molar-refractivity contribution is 0.0660. The van der Waals surface area contributed by atoms with Crippen molar-refractivity contribution in [2.75, 3.05) is 26.2 Å². The summed E-state index contributed by atoms with van der Waals surface area (Å²) in [4.78, 5) is 28.4. The molecule has 1 heterocycles. The van der Waals surface area contributed by atoms with Crippen molar-refractivity contribution in [3.8, 4) is 5.75 Å². The third-order valence-corrected chi connectivity index (χ3v) is 5.54. The Hall–Kier alpha value is -3.87. The van der Waals surface area contributed by atoms with Gasteiger partial charge in [-0.2, -0.15) is 0 Å². The van der Waals surface area contributed by atoms with Crippen LogP contribution in [0.2, 0.25) is 0 Å². The summed E-state index contributed by atoms with van der Waals surface area (Å²) in [6, 6.07) is 23.3. The number of hydrogen-bond donors (Lipinski definition) is 1. The second-order valence-corrected chi connectivity index (χ2v) is 7.84. The van der Waals surface area contributed by atoms with Gasteiger partial charge in [-0.25, -0.2) is 9.18 Å². The average molecular weight is 448 g/mol. The molecule has 3 aromatic rings. The Morgan fingerprint density at radius 2 is 1.48 bits per heavy atom. The van der Waals surface area contributed by atoms with Crippen LogP contribution in [-0.4, -0.2) is 47.9 Å². The maximum absolute atomic E-state index is 13.9. The Balaban J connectivity index is 1.24. The number of nitrogens with one attached hydrogen (secondary N) is 1. The number of carbonyl (C=O) groups excluding carboxylic acids is 2. The topological polar surface area (TPSA) is 61.9 Å². The van der Waals surface area contributed by atoms with E-state index in [-0.39, 0.29) is 17.5 Å². The Kier molecular flexibility index (Phi) is 7.19. The summed E-state index contributed by atoms with van der Waals surface area (Å²) in [5.41, 5.74) is 2.06. The third-order valence-electron chi connectivity index (χ3n) is 5.54. The first kappa shape index (κ1) is 22.3. The van der Waals surface area contributed by atoms with Crippen LogP contribution in [0.25, 0.3) is 0 Å². The number of ether oxygens (including phenoxy) is 1. The molecule has 0 spiro atoms. The summed E-state index contributed by atoms with van der Waals surface area (Å²) < 4.78 is 19.7. The molecule has 4 rings (SSSR count). The minimum absolute atomic E-state index is 0.0616. The number of para-hydroxylation sites is 1. The van der Waals surface area contributed by atoms with E-state index < -0.39 is 5.82 Å². The molecule has 0 unspecified atom stereocenters. The van der Waals surface area contributed by atoms with E-state index in [4.69, 9.17) is 4.74 Å². The average Bonchev–Trinajstić information content (AvgIpc) is 2.87. The summed E-state index contributed by atoms with van der Waals surface area (Å²) >= 11 is 0. The van der Waals surface area contributed by atoms with Crippen molar-refractivity contribution < 1.29 is 18.7 Å². The molecule has 3 amide bonds. The lowest BCUT2D eigenvalue weighted by atomic mass is 10.1. The third kappa shape index (κ3) is 5.88. The second kappa shape index (κ2) is 10.6. The summed E-state index contributed by atoms with van der Waals surface area (Å²) in [6.07, 6.45) is 0. The lowest BCUT2D eigenvalue weighted by Crippen LogP contribution is -2.53. The summed E-state index contributed by atoms with van der Waals surface area (Å²) in [5.74, 6) is -0.0643.